The SMILES string of the molecule is NCCCC[C@H](N)C(=O)O.O=S(=O)(O)CCS. The molecule has 0 bridgehead atoms. The Hall–Kier alpha value is -0.350. The van der Waals surface area contributed by atoms with Crippen molar-refractivity contribution in [2.24, 2.45) is 11.5 Å². The Kier molecular flexibility index (Phi) is 12.1. The summed E-state index contributed by atoms with van der Waals surface area (Å²) < 4.78 is 27.4. The molecule has 0 amide bonds. The van der Waals surface area contributed by atoms with Crippen molar-refractivity contribution in [3.05, 3.63) is 0 Å². The normalized spacial score (nSPS) is 12.5. The zero-order valence-electron chi connectivity index (χ0n) is 9.45. The van der Waals surface area contributed by atoms with Gasteiger partial charge in [-0.3, -0.25) is 9.35 Å². The number of unbranched alkanes of at least 4 members (excludes halogenated alkanes) is 1. The van der Waals surface area contributed by atoms with Crippen LogP contribution in [0.3, 0.4) is 0 Å². The van der Waals surface area contributed by atoms with Gasteiger partial charge in [-0.15, -0.1) is 0 Å². The third-order valence-corrected chi connectivity index (χ3v) is 2.88. The fraction of sp³-hybridized carbons (Fsp3) is 0.875. The van der Waals surface area contributed by atoms with Crippen molar-refractivity contribution in [1.82, 2.24) is 0 Å². The zero-order chi connectivity index (χ0) is 13.9. The van der Waals surface area contributed by atoms with Crippen molar-refractivity contribution >= 4 is 28.7 Å². The van der Waals surface area contributed by atoms with Gasteiger partial charge in [0.25, 0.3) is 10.1 Å². The van der Waals surface area contributed by atoms with Crippen LogP contribution in [0.25, 0.3) is 0 Å². The van der Waals surface area contributed by atoms with Crippen molar-refractivity contribution in [2.45, 2.75) is 25.3 Å². The summed E-state index contributed by atoms with van der Waals surface area (Å²) in [7, 11) is -3.75. The first-order valence-corrected chi connectivity index (χ1v) is 7.23. The van der Waals surface area contributed by atoms with Gasteiger partial charge < -0.3 is 16.6 Å². The molecule has 104 valence electrons. The molecule has 0 aromatic carbocycles. The Labute approximate surface area is 107 Å². The van der Waals surface area contributed by atoms with Crippen LogP contribution < -0.4 is 11.5 Å². The molecule has 0 fully saturated rings. The van der Waals surface area contributed by atoms with E-state index in [4.69, 9.17) is 21.1 Å². The van der Waals surface area contributed by atoms with Crippen LogP contribution in [0.15, 0.2) is 0 Å². The second-order valence-electron chi connectivity index (χ2n) is 3.24. The summed E-state index contributed by atoms with van der Waals surface area (Å²) in [5, 5.41) is 8.33. The largest absolute Gasteiger partial charge is 0.480 e. The second-order valence-corrected chi connectivity index (χ2v) is 5.26. The number of carboxylic acid groups (broad SMARTS) is 1. The predicted molar refractivity (Wildman–Crippen MR) is 68.8 cm³/mol. The minimum absolute atomic E-state index is 0.166. The van der Waals surface area contributed by atoms with Crippen LogP contribution in [0.2, 0.25) is 0 Å². The summed E-state index contributed by atoms with van der Waals surface area (Å²) in [6.45, 7) is 0.604. The smallest absolute Gasteiger partial charge is 0.320 e. The fourth-order valence-corrected chi connectivity index (χ4v) is 1.67. The monoisotopic (exact) mass is 288 g/mol. The Morgan fingerprint density at radius 3 is 2.12 bits per heavy atom. The van der Waals surface area contributed by atoms with Crippen LogP contribution in [0.1, 0.15) is 19.3 Å². The average Bonchev–Trinajstić information content (AvgIpc) is 2.16. The Balaban J connectivity index is 0. The summed E-state index contributed by atoms with van der Waals surface area (Å²) in [5.41, 5.74) is 10.4. The number of carbonyl (C=O) groups is 1. The topological polar surface area (TPSA) is 144 Å². The van der Waals surface area contributed by atoms with Crippen LogP contribution in [0.4, 0.5) is 0 Å². The predicted octanol–water partition coefficient (Wildman–Crippen LogP) is -0.669. The molecule has 0 aliphatic heterocycles. The Morgan fingerprint density at radius 1 is 1.35 bits per heavy atom. The molecule has 0 radical (unpaired) electrons. The van der Waals surface area contributed by atoms with Crippen LogP contribution in [0, 0.1) is 0 Å². The molecule has 17 heavy (non-hydrogen) atoms. The fourth-order valence-electron chi connectivity index (χ4n) is 0.747. The maximum absolute atomic E-state index is 10.1. The van der Waals surface area contributed by atoms with E-state index in [1.54, 1.807) is 0 Å². The van der Waals surface area contributed by atoms with E-state index in [1.165, 1.54) is 0 Å². The van der Waals surface area contributed by atoms with Crippen LogP contribution in [-0.2, 0) is 14.9 Å². The molecule has 6 N–H and O–H groups in total. The highest BCUT2D eigenvalue weighted by atomic mass is 32.2. The van der Waals surface area contributed by atoms with E-state index in [0.717, 1.165) is 12.8 Å². The van der Waals surface area contributed by atoms with Gasteiger partial charge >= 0.3 is 5.97 Å². The third-order valence-electron chi connectivity index (χ3n) is 1.64. The summed E-state index contributed by atoms with van der Waals surface area (Å²) in [6, 6.07) is -0.716. The first kappa shape index (κ1) is 19.0. The first-order chi connectivity index (χ1) is 7.74. The van der Waals surface area contributed by atoms with E-state index in [2.05, 4.69) is 12.6 Å². The number of hydrogen-bond donors (Lipinski definition) is 5. The minimum atomic E-state index is -3.75. The van der Waals surface area contributed by atoms with Gasteiger partial charge in [0.2, 0.25) is 0 Å². The van der Waals surface area contributed by atoms with Crippen LogP contribution in [-0.4, -0.2) is 48.1 Å². The van der Waals surface area contributed by atoms with Crippen molar-refractivity contribution in [3.8, 4) is 0 Å². The lowest BCUT2D eigenvalue weighted by atomic mass is 10.1. The lowest BCUT2D eigenvalue weighted by molar-refractivity contribution is -0.138. The van der Waals surface area contributed by atoms with Gasteiger partial charge in [0.15, 0.2) is 0 Å². The molecule has 0 unspecified atom stereocenters. The van der Waals surface area contributed by atoms with E-state index in [0.29, 0.717) is 13.0 Å². The number of hydrogen-bond acceptors (Lipinski definition) is 6. The quantitative estimate of drug-likeness (QED) is 0.237. The van der Waals surface area contributed by atoms with Gasteiger partial charge in [-0.2, -0.15) is 21.0 Å². The zero-order valence-corrected chi connectivity index (χ0v) is 11.2. The summed E-state index contributed by atoms with van der Waals surface area (Å²) >= 11 is 3.57. The standard InChI is InChI=1S/C6H14N2O2.C2H6O3S2/c7-4-2-1-3-5(8)6(9)10;3-7(4,5)2-1-6/h5H,1-4,7-8H2,(H,9,10);6H,1-2H2,(H,3,4,5)/t5-;/m0./s1. The average molecular weight is 288 g/mol. The number of carboxylic acids is 1. The van der Waals surface area contributed by atoms with E-state index < -0.39 is 22.1 Å². The van der Waals surface area contributed by atoms with Crippen LogP contribution in [0.5, 0.6) is 0 Å². The molecule has 9 heteroatoms. The van der Waals surface area contributed by atoms with Gasteiger partial charge in [0.05, 0.1) is 5.75 Å². The van der Waals surface area contributed by atoms with E-state index in [1.807, 2.05) is 0 Å². The van der Waals surface area contributed by atoms with Crippen molar-refractivity contribution < 1.29 is 22.9 Å². The van der Waals surface area contributed by atoms with Gasteiger partial charge in [0.1, 0.15) is 6.04 Å². The molecule has 0 aromatic rings. The molecule has 0 aliphatic rings. The Bertz CT molecular complexity index is 294. The highest BCUT2D eigenvalue weighted by molar-refractivity contribution is 7.87. The van der Waals surface area contributed by atoms with E-state index in [9.17, 15) is 13.2 Å². The van der Waals surface area contributed by atoms with Gasteiger partial charge in [-0.1, -0.05) is 6.42 Å². The highest BCUT2D eigenvalue weighted by Crippen LogP contribution is 1.96. The van der Waals surface area contributed by atoms with Crippen LogP contribution >= 0.6 is 12.6 Å². The molecule has 0 spiro atoms. The number of thiol groups is 1. The molecule has 0 aromatic heterocycles. The van der Waals surface area contributed by atoms with E-state index >= 15 is 0 Å². The molecular formula is C8H20N2O5S2. The molecular weight excluding hydrogens is 268 g/mol. The molecule has 1 atom stereocenters. The lowest BCUT2D eigenvalue weighted by Gasteiger charge is -2.03. The van der Waals surface area contributed by atoms with Crippen molar-refractivity contribution in [2.75, 3.05) is 18.1 Å². The Morgan fingerprint density at radius 2 is 1.88 bits per heavy atom. The van der Waals surface area contributed by atoms with Crippen molar-refractivity contribution in [1.29, 1.82) is 0 Å². The van der Waals surface area contributed by atoms with Gasteiger partial charge in [-0.25, -0.2) is 0 Å². The molecule has 0 saturated carbocycles. The summed E-state index contributed by atoms with van der Waals surface area (Å²) in [6.07, 6.45) is 2.16. The van der Waals surface area contributed by atoms with E-state index in [-0.39, 0.29) is 11.5 Å². The third kappa shape index (κ3) is 18.2. The highest BCUT2D eigenvalue weighted by Gasteiger charge is 2.09. The number of nitrogens with two attached hydrogens (primary N) is 2. The van der Waals surface area contributed by atoms with Gasteiger partial charge in [0, 0.05) is 5.75 Å². The lowest BCUT2D eigenvalue weighted by Crippen LogP contribution is -2.29. The molecule has 0 saturated heterocycles. The second kappa shape index (κ2) is 10.8. The maximum atomic E-state index is 10.1. The van der Waals surface area contributed by atoms with Crippen molar-refractivity contribution in [3.63, 3.8) is 0 Å². The molecule has 0 rings (SSSR count). The molecule has 0 heterocycles. The molecule has 7 nitrogen and oxygen atoms in total. The first-order valence-electron chi connectivity index (χ1n) is 4.99. The molecule has 0 aliphatic carbocycles. The number of rotatable bonds is 7. The summed E-state index contributed by atoms with van der Waals surface area (Å²) in [5.74, 6) is -1.04. The maximum Gasteiger partial charge on any atom is 0.320 e. The van der Waals surface area contributed by atoms with Gasteiger partial charge in [-0.05, 0) is 19.4 Å². The minimum Gasteiger partial charge on any atom is -0.480 e. The number of aliphatic carboxylic acids is 1. The summed E-state index contributed by atoms with van der Waals surface area (Å²) in [4.78, 5) is 10.1.